The van der Waals surface area contributed by atoms with Crippen molar-refractivity contribution in [1.82, 2.24) is 4.90 Å². The molecular formula is C18H23N3O2S. The van der Waals surface area contributed by atoms with E-state index in [0.29, 0.717) is 37.4 Å². The van der Waals surface area contributed by atoms with Gasteiger partial charge in [0.15, 0.2) is 0 Å². The van der Waals surface area contributed by atoms with E-state index in [4.69, 9.17) is 0 Å². The Bertz CT molecular complexity index is 696. The second-order valence-electron chi connectivity index (χ2n) is 6.94. The molecule has 0 aromatic carbocycles. The highest BCUT2D eigenvalue weighted by Crippen LogP contribution is 2.39. The van der Waals surface area contributed by atoms with Crippen LogP contribution < -0.4 is 5.32 Å². The van der Waals surface area contributed by atoms with Crippen LogP contribution in [0.15, 0.2) is 0 Å². The summed E-state index contributed by atoms with van der Waals surface area (Å²) < 4.78 is 0. The number of hydrogen-bond acceptors (Lipinski definition) is 4. The van der Waals surface area contributed by atoms with E-state index in [1.165, 1.54) is 4.88 Å². The zero-order chi connectivity index (χ0) is 17.3. The van der Waals surface area contributed by atoms with Crippen molar-refractivity contribution in [3.05, 3.63) is 16.0 Å². The summed E-state index contributed by atoms with van der Waals surface area (Å²) in [4.78, 5) is 27.0. The summed E-state index contributed by atoms with van der Waals surface area (Å²) in [5, 5.41) is 13.2. The van der Waals surface area contributed by atoms with Gasteiger partial charge in [0.2, 0.25) is 11.8 Å². The third kappa shape index (κ3) is 3.32. The fraction of sp³-hybridized carbons (Fsp3) is 0.611. The molecule has 2 aliphatic rings. The summed E-state index contributed by atoms with van der Waals surface area (Å²) in [7, 11) is 0. The van der Waals surface area contributed by atoms with Crippen LogP contribution in [0.5, 0.6) is 0 Å². The second kappa shape index (κ2) is 6.94. The maximum atomic E-state index is 12.6. The number of rotatable bonds is 2. The van der Waals surface area contributed by atoms with Crippen molar-refractivity contribution < 1.29 is 9.59 Å². The predicted molar refractivity (Wildman–Crippen MR) is 93.8 cm³/mol. The highest BCUT2D eigenvalue weighted by atomic mass is 32.1. The van der Waals surface area contributed by atoms with E-state index in [1.807, 2.05) is 0 Å². The van der Waals surface area contributed by atoms with Gasteiger partial charge in [-0.25, -0.2) is 0 Å². The van der Waals surface area contributed by atoms with Crippen LogP contribution in [-0.4, -0.2) is 29.8 Å². The lowest BCUT2D eigenvalue weighted by molar-refractivity contribution is -0.132. The van der Waals surface area contributed by atoms with E-state index in [0.717, 1.165) is 29.8 Å². The van der Waals surface area contributed by atoms with Gasteiger partial charge in [0.05, 0.1) is 5.56 Å². The average molecular weight is 345 g/mol. The molecule has 6 heteroatoms. The van der Waals surface area contributed by atoms with Gasteiger partial charge in [-0.15, -0.1) is 11.3 Å². The Hall–Kier alpha value is -1.87. The van der Waals surface area contributed by atoms with Crippen LogP contribution in [0.3, 0.4) is 0 Å². The zero-order valence-electron chi connectivity index (χ0n) is 14.2. The first-order valence-electron chi connectivity index (χ1n) is 8.60. The average Bonchev–Trinajstić information content (AvgIpc) is 2.90. The summed E-state index contributed by atoms with van der Waals surface area (Å²) in [6, 6.07) is 2.29. The van der Waals surface area contributed by atoms with Crippen molar-refractivity contribution in [1.29, 1.82) is 5.26 Å². The first-order chi connectivity index (χ1) is 11.5. The number of carbonyl (C=O) groups is 2. The van der Waals surface area contributed by atoms with E-state index in [-0.39, 0.29) is 17.7 Å². The molecule has 1 aliphatic heterocycles. The largest absolute Gasteiger partial charge is 0.343 e. The predicted octanol–water partition coefficient (Wildman–Crippen LogP) is 2.94. The molecule has 5 nitrogen and oxygen atoms in total. The molecule has 0 spiro atoms. The number of fused-ring (bicyclic) bond motifs is 1. The molecule has 24 heavy (non-hydrogen) atoms. The van der Waals surface area contributed by atoms with Crippen molar-refractivity contribution in [3.63, 3.8) is 0 Å². The Morgan fingerprint density at radius 3 is 2.62 bits per heavy atom. The molecule has 1 aliphatic carbocycles. The number of nitrogens with one attached hydrogen (secondary N) is 1. The highest BCUT2D eigenvalue weighted by molar-refractivity contribution is 7.16. The fourth-order valence-corrected chi connectivity index (χ4v) is 4.99. The monoisotopic (exact) mass is 345 g/mol. The molecule has 1 atom stereocenters. The number of nitriles is 1. The molecule has 1 fully saturated rings. The third-order valence-corrected chi connectivity index (χ3v) is 6.34. The summed E-state index contributed by atoms with van der Waals surface area (Å²) in [5.41, 5.74) is 1.80. The van der Waals surface area contributed by atoms with Gasteiger partial charge in [0.1, 0.15) is 11.1 Å². The summed E-state index contributed by atoms with van der Waals surface area (Å²) >= 11 is 1.57. The molecule has 0 radical (unpaired) electrons. The van der Waals surface area contributed by atoms with Gasteiger partial charge in [-0.3, -0.25) is 9.59 Å². The van der Waals surface area contributed by atoms with Crippen LogP contribution in [0.2, 0.25) is 0 Å². The number of likely N-dealkylation sites (tertiary alicyclic amines) is 1. The number of thiophene rings is 1. The first-order valence-corrected chi connectivity index (χ1v) is 9.42. The number of piperidine rings is 1. The molecule has 3 rings (SSSR count). The van der Waals surface area contributed by atoms with Crippen LogP contribution in [0.25, 0.3) is 0 Å². The molecule has 1 aromatic heterocycles. The van der Waals surface area contributed by atoms with E-state index >= 15 is 0 Å². The minimum absolute atomic E-state index is 0.0126. The molecular weight excluding hydrogens is 322 g/mol. The molecule has 1 aromatic rings. The van der Waals surface area contributed by atoms with Gasteiger partial charge in [0.25, 0.3) is 0 Å². The maximum absolute atomic E-state index is 12.6. The first kappa shape index (κ1) is 17.0. The molecule has 1 saturated heterocycles. The van der Waals surface area contributed by atoms with E-state index in [1.54, 1.807) is 23.2 Å². The van der Waals surface area contributed by atoms with E-state index in [2.05, 4.69) is 18.3 Å². The van der Waals surface area contributed by atoms with Gasteiger partial charge in [-0.05, 0) is 43.6 Å². The molecule has 2 heterocycles. The topological polar surface area (TPSA) is 73.2 Å². The van der Waals surface area contributed by atoms with Crippen molar-refractivity contribution in [2.45, 2.75) is 46.0 Å². The fourth-order valence-electron chi connectivity index (χ4n) is 3.63. The molecule has 2 amide bonds. The number of anilines is 1. The molecule has 1 unspecified atom stereocenters. The van der Waals surface area contributed by atoms with Crippen LogP contribution in [0.4, 0.5) is 5.00 Å². The van der Waals surface area contributed by atoms with Gasteiger partial charge in [-0.1, -0.05) is 6.92 Å². The van der Waals surface area contributed by atoms with Gasteiger partial charge in [0, 0.05) is 30.8 Å². The minimum Gasteiger partial charge on any atom is -0.343 e. The number of carbonyl (C=O) groups excluding carboxylic acids is 2. The third-order valence-electron chi connectivity index (χ3n) is 5.17. The molecule has 128 valence electrons. The maximum Gasteiger partial charge on any atom is 0.228 e. The Morgan fingerprint density at radius 2 is 2.00 bits per heavy atom. The number of amides is 2. The van der Waals surface area contributed by atoms with Gasteiger partial charge >= 0.3 is 0 Å². The van der Waals surface area contributed by atoms with Gasteiger partial charge < -0.3 is 10.2 Å². The van der Waals surface area contributed by atoms with Gasteiger partial charge in [-0.2, -0.15) is 5.26 Å². The Labute approximate surface area is 146 Å². The zero-order valence-corrected chi connectivity index (χ0v) is 15.0. The number of hydrogen-bond donors (Lipinski definition) is 1. The number of nitrogens with zero attached hydrogens (tertiary/aromatic N) is 2. The van der Waals surface area contributed by atoms with E-state index in [9.17, 15) is 14.9 Å². The van der Waals surface area contributed by atoms with Crippen LogP contribution in [0.1, 0.15) is 49.1 Å². The van der Waals surface area contributed by atoms with Crippen molar-refractivity contribution in [2.75, 3.05) is 18.4 Å². The van der Waals surface area contributed by atoms with E-state index < -0.39 is 0 Å². The van der Waals surface area contributed by atoms with Crippen LogP contribution in [0, 0.1) is 23.2 Å². The lowest BCUT2D eigenvalue weighted by Gasteiger charge is -2.30. The Morgan fingerprint density at radius 1 is 1.29 bits per heavy atom. The van der Waals surface area contributed by atoms with Crippen molar-refractivity contribution >= 4 is 28.2 Å². The smallest absolute Gasteiger partial charge is 0.228 e. The lowest BCUT2D eigenvalue weighted by Crippen LogP contribution is -2.40. The second-order valence-corrected chi connectivity index (χ2v) is 8.04. The highest BCUT2D eigenvalue weighted by Gasteiger charge is 2.29. The summed E-state index contributed by atoms with van der Waals surface area (Å²) in [6.07, 6.45) is 4.42. The minimum atomic E-state index is -0.0785. The molecule has 0 bridgehead atoms. The molecule has 0 saturated carbocycles. The normalized spacial score (nSPS) is 21.0. The van der Waals surface area contributed by atoms with Crippen LogP contribution >= 0.6 is 11.3 Å². The summed E-state index contributed by atoms with van der Waals surface area (Å²) in [6.45, 7) is 5.07. The molecule has 1 N–H and O–H groups in total. The Kier molecular flexibility index (Phi) is 4.91. The van der Waals surface area contributed by atoms with Crippen molar-refractivity contribution in [3.8, 4) is 6.07 Å². The Balaban J connectivity index is 1.69. The SMILES string of the molecule is CC(=O)N1CCC(C(=O)Nc2sc3c(c2C#N)CCC(C)C3)CC1. The summed E-state index contributed by atoms with van der Waals surface area (Å²) in [5.74, 6) is 0.620. The lowest BCUT2D eigenvalue weighted by atomic mass is 9.88. The quantitative estimate of drug-likeness (QED) is 0.895. The van der Waals surface area contributed by atoms with Crippen molar-refractivity contribution in [2.24, 2.45) is 11.8 Å². The standard InChI is InChI=1S/C18H23N3O2S/c1-11-3-4-14-15(10-19)18(24-16(14)9-11)20-17(23)13-5-7-21(8-6-13)12(2)22/h11,13H,3-9H2,1-2H3,(H,20,23). The van der Waals surface area contributed by atoms with Crippen LogP contribution in [-0.2, 0) is 22.4 Å².